The smallest absolute Gasteiger partial charge is 0.244 e. The minimum atomic E-state index is -4.08. The first-order valence-electron chi connectivity index (χ1n) is 12.4. The molecule has 2 aromatic carbocycles. The number of benzene rings is 2. The summed E-state index contributed by atoms with van der Waals surface area (Å²) in [7, 11) is -4.08. The summed E-state index contributed by atoms with van der Waals surface area (Å²) in [6.45, 7) is 0.976. The number of nitrogens with one attached hydrogen (secondary N) is 1. The van der Waals surface area contributed by atoms with Crippen LogP contribution in [0.1, 0.15) is 51.0 Å². The summed E-state index contributed by atoms with van der Waals surface area (Å²) in [6, 6.07) is 6.45. The van der Waals surface area contributed by atoms with E-state index in [2.05, 4.69) is 5.32 Å². The number of rotatable bonds is 10. The molecule has 1 saturated carbocycles. The Morgan fingerprint density at radius 1 is 1.03 bits per heavy atom. The molecular formula is C26H31Cl2F2N3O4S. The normalized spacial score (nSPS) is 15.1. The molecule has 1 aliphatic rings. The quantitative estimate of drug-likeness (QED) is 0.408. The van der Waals surface area contributed by atoms with Crippen molar-refractivity contribution in [2.75, 3.05) is 17.1 Å². The molecule has 38 heavy (non-hydrogen) atoms. The van der Waals surface area contributed by atoms with Crippen molar-refractivity contribution >= 4 is 50.7 Å². The van der Waals surface area contributed by atoms with Gasteiger partial charge in [0.25, 0.3) is 0 Å². The molecule has 0 heterocycles. The van der Waals surface area contributed by atoms with Crippen molar-refractivity contribution in [1.29, 1.82) is 0 Å². The lowest BCUT2D eigenvalue weighted by Crippen LogP contribution is -2.54. The van der Waals surface area contributed by atoms with E-state index < -0.39 is 40.2 Å². The molecule has 2 amide bonds. The van der Waals surface area contributed by atoms with E-state index in [9.17, 15) is 26.8 Å². The average molecular weight is 591 g/mol. The van der Waals surface area contributed by atoms with Gasteiger partial charge in [-0.3, -0.25) is 13.9 Å². The van der Waals surface area contributed by atoms with Gasteiger partial charge in [-0.1, -0.05) is 55.5 Å². The Kier molecular flexibility index (Phi) is 10.4. The van der Waals surface area contributed by atoms with Gasteiger partial charge in [-0.2, -0.15) is 0 Å². The lowest BCUT2D eigenvalue weighted by atomic mass is 9.95. The predicted octanol–water partition coefficient (Wildman–Crippen LogP) is 5.29. The van der Waals surface area contributed by atoms with E-state index in [4.69, 9.17) is 23.2 Å². The van der Waals surface area contributed by atoms with E-state index in [0.29, 0.717) is 21.0 Å². The molecule has 1 aliphatic carbocycles. The van der Waals surface area contributed by atoms with Crippen LogP contribution < -0.4 is 9.62 Å². The molecule has 0 spiro atoms. The number of amides is 2. The summed E-state index contributed by atoms with van der Waals surface area (Å²) in [5.41, 5.74) is 0.365. The summed E-state index contributed by atoms with van der Waals surface area (Å²) >= 11 is 12.2. The second-order valence-electron chi connectivity index (χ2n) is 9.41. The molecule has 2 aromatic rings. The monoisotopic (exact) mass is 589 g/mol. The van der Waals surface area contributed by atoms with E-state index in [1.807, 2.05) is 0 Å². The van der Waals surface area contributed by atoms with Crippen LogP contribution in [0.5, 0.6) is 0 Å². The van der Waals surface area contributed by atoms with Crippen LogP contribution in [-0.2, 0) is 26.2 Å². The first-order chi connectivity index (χ1) is 17.9. The Morgan fingerprint density at radius 3 is 2.29 bits per heavy atom. The first kappa shape index (κ1) is 30.1. The number of carbonyl (C=O) groups excluding carboxylic acids is 2. The van der Waals surface area contributed by atoms with Gasteiger partial charge in [-0.05, 0) is 49.1 Å². The molecular weight excluding hydrogens is 559 g/mol. The number of sulfonamides is 1. The topological polar surface area (TPSA) is 86.8 Å². The third-order valence-electron chi connectivity index (χ3n) is 6.54. The summed E-state index contributed by atoms with van der Waals surface area (Å²) in [5.74, 6) is -3.45. The van der Waals surface area contributed by atoms with Gasteiger partial charge in [0.1, 0.15) is 12.6 Å². The fraction of sp³-hybridized carbons (Fsp3) is 0.462. The van der Waals surface area contributed by atoms with E-state index >= 15 is 0 Å². The molecule has 1 atom stereocenters. The molecule has 12 heteroatoms. The minimum Gasteiger partial charge on any atom is -0.352 e. The number of carbonyl (C=O) groups is 2. The SMILES string of the molecule is CC[C@H](C(=O)NC1CCCCC1)N(Cc1ccc(Cl)c(Cl)c1)C(=O)CN(c1ccc(F)c(F)c1)S(C)(=O)=O. The van der Waals surface area contributed by atoms with Gasteiger partial charge in [0.2, 0.25) is 21.8 Å². The van der Waals surface area contributed by atoms with Crippen LogP contribution >= 0.6 is 23.2 Å². The van der Waals surface area contributed by atoms with Crippen LogP contribution in [0.25, 0.3) is 0 Å². The highest BCUT2D eigenvalue weighted by Gasteiger charge is 2.33. The Labute approximate surface area is 232 Å². The fourth-order valence-electron chi connectivity index (χ4n) is 4.55. The number of hydrogen-bond donors (Lipinski definition) is 1. The lowest BCUT2D eigenvalue weighted by molar-refractivity contribution is -0.140. The van der Waals surface area contributed by atoms with Crippen molar-refractivity contribution in [3.63, 3.8) is 0 Å². The van der Waals surface area contributed by atoms with Gasteiger partial charge in [0.05, 0.1) is 22.0 Å². The van der Waals surface area contributed by atoms with Crippen molar-refractivity contribution in [2.45, 2.75) is 64.1 Å². The highest BCUT2D eigenvalue weighted by molar-refractivity contribution is 7.92. The summed E-state index contributed by atoms with van der Waals surface area (Å²) in [4.78, 5) is 28.3. The molecule has 3 rings (SSSR count). The summed E-state index contributed by atoms with van der Waals surface area (Å²) in [6.07, 6.45) is 5.93. The zero-order chi connectivity index (χ0) is 28.0. The second-order valence-corrected chi connectivity index (χ2v) is 12.1. The molecule has 1 N–H and O–H groups in total. The maximum Gasteiger partial charge on any atom is 0.244 e. The zero-order valence-corrected chi connectivity index (χ0v) is 23.6. The van der Waals surface area contributed by atoms with Crippen LogP contribution in [0.4, 0.5) is 14.5 Å². The standard InChI is InChI=1S/C26H31Cl2F2N3O4S/c1-3-24(26(35)31-18-7-5-4-6-8-18)32(15-17-9-11-20(27)21(28)13-17)25(34)16-33(38(2,36)37)19-10-12-22(29)23(30)14-19/h9-14,18,24H,3-8,15-16H2,1-2H3,(H,31,35)/t24-/m1/s1. The number of halogens is 4. The highest BCUT2D eigenvalue weighted by Crippen LogP contribution is 2.26. The molecule has 0 aliphatic heterocycles. The Hall–Kier alpha value is -2.43. The van der Waals surface area contributed by atoms with Crippen LogP contribution in [0.2, 0.25) is 10.0 Å². The lowest BCUT2D eigenvalue weighted by Gasteiger charge is -2.34. The average Bonchev–Trinajstić information content (AvgIpc) is 2.86. The molecule has 0 aromatic heterocycles. The van der Waals surface area contributed by atoms with E-state index in [1.54, 1.807) is 25.1 Å². The van der Waals surface area contributed by atoms with Gasteiger partial charge >= 0.3 is 0 Å². The van der Waals surface area contributed by atoms with Gasteiger partial charge in [0, 0.05) is 18.7 Å². The third-order valence-corrected chi connectivity index (χ3v) is 8.42. The largest absolute Gasteiger partial charge is 0.352 e. The molecule has 0 bridgehead atoms. The Morgan fingerprint density at radius 2 is 1.71 bits per heavy atom. The van der Waals surface area contributed by atoms with Gasteiger partial charge in [-0.15, -0.1) is 0 Å². The number of nitrogens with zero attached hydrogens (tertiary/aromatic N) is 2. The predicted molar refractivity (Wildman–Crippen MR) is 145 cm³/mol. The summed E-state index contributed by atoms with van der Waals surface area (Å²) < 4.78 is 53.3. The number of hydrogen-bond acceptors (Lipinski definition) is 4. The van der Waals surface area contributed by atoms with Crippen LogP contribution in [0.15, 0.2) is 36.4 Å². The molecule has 7 nitrogen and oxygen atoms in total. The third kappa shape index (κ3) is 7.80. The minimum absolute atomic E-state index is 0.00179. The van der Waals surface area contributed by atoms with Crippen LogP contribution in [0, 0.1) is 11.6 Å². The Bertz CT molecular complexity index is 1270. The van der Waals surface area contributed by atoms with E-state index in [1.165, 1.54) is 4.90 Å². The van der Waals surface area contributed by atoms with E-state index in [0.717, 1.165) is 50.5 Å². The highest BCUT2D eigenvalue weighted by atomic mass is 35.5. The maximum absolute atomic E-state index is 13.9. The van der Waals surface area contributed by atoms with Gasteiger partial charge in [-0.25, -0.2) is 17.2 Å². The van der Waals surface area contributed by atoms with Crippen molar-refractivity contribution in [3.05, 3.63) is 63.6 Å². The Balaban J connectivity index is 1.94. The van der Waals surface area contributed by atoms with E-state index in [-0.39, 0.29) is 35.6 Å². The molecule has 0 saturated heterocycles. The van der Waals surface area contributed by atoms with Gasteiger partial charge in [0.15, 0.2) is 11.6 Å². The van der Waals surface area contributed by atoms with Gasteiger partial charge < -0.3 is 10.2 Å². The number of anilines is 1. The zero-order valence-electron chi connectivity index (χ0n) is 21.2. The van der Waals surface area contributed by atoms with Crippen LogP contribution in [-0.4, -0.2) is 50.0 Å². The molecule has 208 valence electrons. The maximum atomic E-state index is 13.9. The summed E-state index contributed by atoms with van der Waals surface area (Å²) in [5, 5.41) is 3.61. The van der Waals surface area contributed by atoms with Crippen molar-refractivity contribution < 1.29 is 26.8 Å². The second kappa shape index (κ2) is 13.1. The van der Waals surface area contributed by atoms with Crippen molar-refractivity contribution in [1.82, 2.24) is 10.2 Å². The first-order valence-corrected chi connectivity index (χ1v) is 15.0. The fourth-order valence-corrected chi connectivity index (χ4v) is 5.71. The van der Waals surface area contributed by atoms with Crippen molar-refractivity contribution in [2.24, 2.45) is 0 Å². The van der Waals surface area contributed by atoms with Crippen LogP contribution in [0.3, 0.4) is 0 Å². The van der Waals surface area contributed by atoms with Crippen molar-refractivity contribution in [3.8, 4) is 0 Å². The molecule has 0 unspecified atom stereocenters. The molecule has 1 fully saturated rings. The molecule has 0 radical (unpaired) electrons.